The van der Waals surface area contributed by atoms with Gasteiger partial charge in [0.2, 0.25) is 5.91 Å². The normalized spacial score (nSPS) is 17.8. The Labute approximate surface area is 153 Å². The SMILES string of the molecule is CC1CN(C(=O)c2cc(N)cc(C(N)=O)c2)CCN1C(=O)OC(C)(C)C. The molecule has 0 radical (unpaired) electrons. The molecule has 1 atom stereocenters. The lowest BCUT2D eigenvalue weighted by Gasteiger charge is -2.40. The topological polar surface area (TPSA) is 119 Å². The summed E-state index contributed by atoms with van der Waals surface area (Å²) in [4.78, 5) is 39.6. The molecule has 0 bridgehead atoms. The average Bonchev–Trinajstić information content (AvgIpc) is 2.51. The first kappa shape index (κ1) is 19.6. The fourth-order valence-corrected chi connectivity index (χ4v) is 2.83. The van der Waals surface area contributed by atoms with Crippen molar-refractivity contribution in [2.45, 2.75) is 39.3 Å². The number of amides is 3. The van der Waals surface area contributed by atoms with Gasteiger partial charge >= 0.3 is 6.09 Å². The largest absolute Gasteiger partial charge is 0.444 e. The smallest absolute Gasteiger partial charge is 0.410 e. The number of carbonyl (C=O) groups excluding carboxylic acids is 3. The Morgan fingerprint density at radius 3 is 2.27 bits per heavy atom. The van der Waals surface area contributed by atoms with Crippen molar-refractivity contribution in [2.24, 2.45) is 5.73 Å². The van der Waals surface area contributed by atoms with Gasteiger partial charge < -0.3 is 26.0 Å². The molecule has 1 aromatic carbocycles. The van der Waals surface area contributed by atoms with Crippen molar-refractivity contribution < 1.29 is 19.1 Å². The summed E-state index contributed by atoms with van der Waals surface area (Å²) in [6.45, 7) is 8.38. The van der Waals surface area contributed by atoms with Crippen molar-refractivity contribution in [2.75, 3.05) is 25.4 Å². The molecule has 0 aromatic heterocycles. The van der Waals surface area contributed by atoms with Crippen LogP contribution in [0.3, 0.4) is 0 Å². The number of anilines is 1. The molecule has 1 fully saturated rings. The highest BCUT2D eigenvalue weighted by molar-refractivity contribution is 6.00. The summed E-state index contributed by atoms with van der Waals surface area (Å²) < 4.78 is 5.40. The Hall–Kier alpha value is -2.77. The Bertz CT molecular complexity index is 726. The van der Waals surface area contributed by atoms with Gasteiger partial charge in [0.25, 0.3) is 5.91 Å². The first-order valence-electron chi connectivity index (χ1n) is 8.47. The van der Waals surface area contributed by atoms with Crippen LogP contribution in [-0.4, -0.2) is 59.0 Å². The number of ether oxygens (including phenoxy) is 1. The van der Waals surface area contributed by atoms with Gasteiger partial charge in [0.05, 0.1) is 0 Å². The number of rotatable bonds is 2. The summed E-state index contributed by atoms with van der Waals surface area (Å²) >= 11 is 0. The molecule has 1 aliphatic rings. The van der Waals surface area contributed by atoms with Crippen LogP contribution in [0.4, 0.5) is 10.5 Å². The quantitative estimate of drug-likeness (QED) is 0.772. The van der Waals surface area contributed by atoms with E-state index in [1.165, 1.54) is 18.2 Å². The number of nitrogens with zero attached hydrogens (tertiary/aromatic N) is 2. The number of nitrogens with two attached hydrogens (primary N) is 2. The highest BCUT2D eigenvalue weighted by atomic mass is 16.6. The number of benzene rings is 1. The van der Waals surface area contributed by atoms with Crippen LogP contribution in [0.2, 0.25) is 0 Å². The van der Waals surface area contributed by atoms with Crippen molar-refractivity contribution >= 4 is 23.6 Å². The van der Waals surface area contributed by atoms with Gasteiger partial charge in [-0.2, -0.15) is 0 Å². The summed E-state index contributed by atoms with van der Waals surface area (Å²) in [7, 11) is 0. The van der Waals surface area contributed by atoms with Crippen LogP contribution in [0.1, 0.15) is 48.4 Å². The fraction of sp³-hybridized carbons (Fsp3) is 0.500. The van der Waals surface area contributed by atoms with Gasteiger partial charge in [-0.15, -0.1) is 0 Å². The molecular formula is C18H26N4O4. The van der Waals surface area contributed by atoms with Gasteiger partial charge in [0, 0.05) is 42.5 Å². The molecule has 8 nitrogen and oxygen atoms in total. The second-order valence-corrected chi connectivity index (χ2v) is 7.48. The molecule has 8 heteroatoms. The number of piperazine rings is 1. The maximum atomic E-state index is 12.8. The van der Waals surface area contributed by atoms with Crippen molar-refractivity contribution in [1.82, 2.24) is 9.80 Å². The molecule has 1 heterocycles. The number of primary amides is 1. The minimum atomic E-state index is -0.644. The molecule has 0 spiro atoms. The maximum absolute atomic E-state index is 12.8. The minimum Gasteiger partial charge on any atom is -0.444 e. The van der Waals surface area contributed by atoms with E-state index in [0.29, 0.717) is 30.9 Å². The molecule has 1 saturated heterocycles. The van der Waals surface area contributed by atoms with Gasteiger partial charge in [-0.25, -0.2) is 4.79 Å². The lowest BCUT2D eigenvalue weighted by atomic mass is 10.1. The van der Waals surface area contributed by atoms with Crippen LogP contribution < -0.4 is 11.5 Å². The highest BCUT2D eigenvalue weighted by Crippen LogP contribution is 2.19. The molecule has 2 rings (SSSR count). The zero-order valence-corrected chi connectivity index (χ0v) is 15.6. The van der Waals surface area contributed by atoms with Gasteiger partial charge in [0.15, 0.2) is 0 Å². The summed E-state index contributed by atoms with van der Waals surface area (Å²) in [5.74, 6) is -0.898. The monoisotopic (exact) mass is 362 g/mol. The van der Waals surface area contributed by atoms with E-state index < -0.39 is 17.6 Å². The molecule has 1 aliphatic heterocycles. The second kappa shape index (κ2) is 7.23. The van der Waals surface area contributed by atoms with Crippen molar-refractivity contribution in [3.8, 4) is 0 Å². The van der Waals surface area contributed by atoms with E-state index >= 15 is 0 Å². The molecule has 1 aromatic rings. The third kappa shape index (κ3) is 4.65. The third-order valence-electron chi connectivity index (χ3n) is 4.03. The van der Waals surface area contributed by atoms with Gasteiger partial charge in [-0.3, -0.25) is 9.59 Å². The summed E-state index contributed by atoms with van der Waals surface area (Å²) in [6.07, 6.45) is -0.392. The molecule has 1 unspecified atom stereocenters. The molecular weight excluding hydrogens is 336 g/mol. The van der Waals surface area contributed by atoms with E-state index in [9.17, 15) is 14.4 Å². The van der Waals surface area contributed by atoms with E-state index in [1.807, 2.05) is 27.7 Å². The second-order valence-electron chi connectivity index (χ2n) is 7.48. The fourth-order valence-electron chi connectivity index (χ4n) is 2.83. The predicted octanol–water partition coefficient (Wildman–Crippen LogP) is 1.45. The Balaban J connectivity index is 2.10. The number of hydrogen-bond donors (Lipinski definition) is 2. The molecule has 4 N–H and O–H groups in total. The van der Waals surface area contributed by atoms with E-state index in [0.717, 1.165) is 0 Å². The van der Waals surface area contributed by atoms with E-state index in [4.69, 9.17) is 16.2 Å². The van der Waals surface area contributed by atoms with Crippen LogP contribution in [0.15, 0.2) is 18.2 Å². The minimum absolute atomic E-state index is 0.189. The number of nitrogen functional groups attached to an aromatic ring is 1. The average molecular weight is 362 g/mol. The summed E-state index contributed by atoms with van der Waals surface area (Å²) in [6, 6.07) is 4.19. The van der Waals surface area contributed by atoms with Crippen LogP contribution in [-0.2, 0) is 4.74 Å². The predicted molar refractivity (Wildman–Crippen MR) is 97.7 cm³/mol. The Morgan fingerprint density at radius 2 is 1.73 bits per heavy atom. The van der Waals surface area contributed by atoms with Crippen LogP contribution in [0.5, 0.6) is 0 Å². The van der Waals surface area contributed by atoms with Gasteiger partial charge in [0.1, 0.15) is 5.60 Å². The van der Waals surface area contributed by atoms with E-state index in [2.05, 4.69) is 0 Å². The van der Waals surface area contributed by atoms with Crippen molar-refractivity contribution in [3.05, 3.63) is 29.3 Å². The maximum Gasteiger partial charge on any atom is 0.410 e. The van der Waals surface area contributed by atoms with Crippen LogP contribution in [0.25, 0.3) is 0 Å². The Kier molecular flexibility index (Phi) is 5.44. The lowest BCUT2D eigenvalue weighted by molar-refractivity contribution is 0.00198. The lowest BCUT2D eigenvalue weighted by Crippen LogP contribution is -2.56. The number of carbonyl (C=O) groups is 3. The summed E-state index contributed by atoms with van der Waals surface area (Å²) in [5.41, 5.74) is 11.3. The van der Waals surface area contributed by atoms with Crippen LogP contribution >= 0.6 is 0 Å². The van der Waals surface area contributed by atoms with Gasteiger partial charge in [-0.1, -0.05) is 0 Å². The van der Waals surface area contributed by atoms with E-state index in [-0.39, 0.29) is 17.5 Å². The van der Waals surface area contributed by atoms with Crippen molar-refractivity contribution in [3.63, 3.8) is 0 Å². The molecule has 142 valence electrons. The first-order valence-corrected chi connectivity index (χ1v) is 8.47. The van der Waals surface area contributed by atoms with Crippen molar-refractivity contribution in [1.29, 1.82) is 0 Å². The molecule has 26 heavy (non-hydrogen) atoms. The van der Waals surface area contributed by atoms with E-state index in [1.54, 1.807) is 9.80 Å². The zero-order chi connectivity index (χ0) is 19.6. The van der Waals surface area contributed by atoms with Crippen LogP contribution in [0, 0.1) is 0 Å². The standard InChI is InChI=1S/C18H26N4O4/c1-11-10-21(5-6-22(11)17(25)26-18(2,3)4)16(24)13-7-12(15(20)23)8-14(19)9-13/h7-9,11H,5-6,10,19H2,1-4H3,(H2,20,23). The first-order chi connectivity index (χ1) is 12.0. The number of hydrogen-bond acceptors (Lipinski definition) is 5. The zero-order valence-electron chi connectivity index (χ0n) is 15.6. The molecule has 0 saturated carbocycles. The van der Waals surface area contributed by atoms with Gasteiger partial charge in [-0.05, 0) is 45.9 Å². The Morgan fingerprint density at radius 1 is 1.12 bits per heavy atom. The third-order valence-corrected chi connectivity index (χ3v) is 4.03. The molecule has 3 amide bonds. The highest BCUT2D eigenvalue weighted by Gasteiger charge is 2.33. The molecule has 0 aliphatic carbocycles. The summed E-state index contributed by atoms with van der Waals surface area (Å²) in [5, 5.41) is 0.